The van der Waals surface area contributed by atoms with E-state index in [4.69, 9.17) is 9.47 Å². The maximum atomic E-state index is 13.0. The summed E-state index contributed by atoms with van der Waals surface area (Å²) in [4.78, 5) is 20.9. The predicted octanol–water partition coefficient (Wildman–Crippen LogP) is 4.86. The van der Waals surface area contributed by atoms with Crippen LogP contribution in [0.25, 0.3) is 0 Å². The largest absolute Gasteiger partial charge is 0.497 e. The Morgan fingerprint density at radius 3 is 2.15 bits per heavy atom. The van der Waals surface area contributed by atoms with E-state index in [0.29, 0.717) is 17.1 Å². The van der Waals surface area contributed by atoms with Gasteiger partial charge < -0.3 is 19.5 Å². The Morgan fingerprint density at radius 2 is 1.59 bits per heavy atom. The molecular weight excluding hydrogens is 544 g/mol. The van der Waals surface area contributed by atoms with Crippen LogP contribution in [0.1, 0.15) is 5.56 Å². The lowest BCUT2D eigenvalue weighted by molar-refractivity contribution is -0.384. The number of rotatable bonds is 10. The number of non-ortho nitro benzene ring substituents is 1. The molecule has 0 atom stereocenters. The topological polar surface area (TPSA) is 146 Å². The lowest BCUT2D eigenvalue weighted by Crippen LogP contribution is -2.46. The van der Waals surface area contributed by atoms with Crippen LogP contribution < -0.4 is 25.0 Å². The molecule has 0 aliphatic carbocycles. The average Bonchev–Trinajstić information content (AvgIpc) is 2.86. The van der Waals surface area contributed by atoms with E-state index >= 15 is 0 Å². The third-order valence-electron chi connectivity index (χ3n) is 4.58. The molecule has 0 unspecified atom stereocenters. The number of ether oxygens (including phenoxy) is 3. The molecule has 0 amide bonds. The zero-order valence-electron chi connectivity index (χ0n) is 19.7. The second kappa shape index (κ2) is 11.7. The predicted molar refractivity (Wildman–Crippen MR) is 123 cm³/mol. The van der Waals surface area contributed by atoms with Gasteiger partial charge in [-0.1, -0.05) is 0 Å². The molecule has 0 radical (unpaired) electrons. The number of methoxy groups -OCH3 is 2. The molecule has 0 fully saturated rings. The monoisotopic (exact) mass is 561 g/mol. The van der Waals surface area contributed by atoms with Gasteiger partial charge in [0.1, 0.15) is 11.5 Å². The van der Waals surface area contributed by atoms with Gasteiger partial charge in [-0.2, -0.15) is 46.4 Å². The number of nitrogens with zero attached hydrogens (tertiary/aromatic N) is 5. The molecule has 0 aliphatic rings. The van der Waals surface area contributed by atoms with Crippen molar-refractivity contribution < 1.29 is 45.5 Å². The van der Waals surface area contributed by atoms with Gasteiger partial charge in [-0.3, -0.25) is 10.1 Å². The summed E-state index contributed by atoms with van der Waals surface area (Å²) in [7, 11) is 2.82. The van der Waals surface area contributed by atoms with Gasteiger partial charge in [0.2, 0.25) is 5.95 Å². The maximum absolute atomic E-state index is 13.0. The van der Waals surface area contributed by atoms with E-state index < -0.39 is 41.3 Å². The van der Waals surface area contributed by atoms with Crippen molar-refractivity contribution >= 4 is 29.5 Å². The number of hydrogen-bond acceptors (Lipinski definition) is 11. The van der Waals surface area contributed by atoms with Crippen molar-refractivity contribution in [3.8, 4) is 17.5 Å². The summed E-state index contributed by atoms with van der Waals surface area (Å²) in [5, 5.41) is 17.1. The molecule has 1 heterocycles. The van der Waals surface area contributed by atoms with Gasteiger partial charge in [0.15, 0.2) is 0 Å². The minimum atomic E-state index is -5.84. The number of benzene rings is 2. The molecule has 39 heavy (non-hydrogen) atoms. The Kier molecular flexibility index (Phi) is 8.57. The fourth-order valence-corrected chi connectivity index (χ4v) is 2.82. The molecule has 12 nitrogen and oxygen atoms in total. The normalized spacial score (nSPS) is 11.9. The van der Waals surface area contributed by atoms with E-state index in [1.165, 1.54) is 38.6 Å². The van der Waals surface area contributed by atoms with Crippen molar-refractivity contribution in [2.75, 3.05) is 25.0 Å². The Morgan fingerprint density at radius 1 is 0.949 bits per heavy atom. The van der Waals surface area contributed by atoms with Crippen LogP contribution in [0, 0.1) is 10.1 Å². The smallest absolute Gasteiger partial charge is 0.434 e. The van der Waals surface area contributed by atoms with Crippen LogP contribution in [0.5, 0.6) is 17.5 Å². The van der Waals surface area contributed by atoms with E-state index in [9.17, 15) is 36.5 Å². The number of nitro benzene ring substituents is 1. The maximum Gasteiger partial charge on any atom is 0.434 e. The third kappa shape index (κ3) is 7.79. The standard InChI is InChI=1S/C21H17F6N7O5/c1-37-14-8-3-11(15(9-14)38-2)10-28-33-18-30-17(29-12-4-6-13(7-5-12)34(35)36)31-19(32-18)39-16(20(22,23)24)21(25,26)27/h3-10,16H,1-2H3,(H2,29,30,31,32,33). The first kappa shape index (κ1) is 28.7. The van der Waals surface area contributed by atoms with E-state index in [1.54, 1.807) is 12.1 Å². The Hall–Kier alpha value is -4.90. The van der Waals surface area contributed by atoms with Gasteiger partial charge in [-0.25, -0.2) is 5.43 Å². The minimum Gasteiger partial charge on any atom is -0.497 e. The van der Waals surface area contributed by atoms with Crippen LogP contribution in [0.3, 0.4) is 0 Å². The summed E-state index contributed by atoms with van der Waals surface area (Å²) in [6.07, 6.45) is -14.7. The number of aromatic nitrogens is 3. The molecule has 1 aromatic heterocycles. The number of nitrogens with one attached hydrogen (secondary N) is 2. The highest BCUT2D eigenvalue weighted by molar-refractivity contribution is 5.84. The quantitative estimate of drug-likeness (QED) is 0.152. The minimum absolute atomic E-state index is 0.110. The van der Waals surface area contributed by atoms with E-state index in [1.807, 2.05) is 0 Å². The molecule has 3 rings (SSSR count). The molecule has 0 bridgehead atoms. The first-order chi connectivity index (χ1) is 18.3. The molecule has 2 N–H and O–H groups in total. The molecule has 3 aromatic rings. The zero-order chi connectivity index (χ0) is 28.8. The fraction of sp³-hybridized carbons (Fsp3) is 0.238. The van der Waals surface area contributed by atoms with Crippen LogP contribution >= 0.6 is 0 Å². The summed E-state index contributed by atoms with van der Waals surface area (Å²) in [6, 6.07) is 7.94. The highest BCUT2D eigenvalue weighted by Crippen LogP contribution is 2.36. The summed E-state index contributed by atoms with van der Waals surface area (Å²) in [5.41, 5.74) is 2.51. The van der Waals surface area contributed by atoms with Gasteiger partial charge in [0, 0.05) is 29.4 Å². The number of alkyl halides is 6. The van der Waals surface area contributed by atoms with Crippen LogP contribution in [0.15, 0.2) is 47.6 Å². The van der Waals surface area contributed by atoms with Crippen molar-refractivity contribution in [2.45, 2.75) is 18.5 Å². The molecule has 0 spiro atoms. The van der Waals surface area contributed by atoms with E-state index in [2.05, 4.69) is 35.5 Å². The van der Waals surface area contributed by atoms with Crippen molar-refractivity contribution in [2.24, 2.45) is 5.10 Å². The van der Waals surface area contributed by atoms with Gasteiger partial charge in [0.25, 0.3) is 17.7 Å². The summed E-state index contributed by atoms with van der Waals surface area (Å²) in [5.74, 6) is -0.353. The molecule has 208 valence electrons. The summed E-state index contributed by atoms with van der Waals surface area (Å²) in [6.45, 7) is 0. The SMILES string of the molecule is COc1ccc(C=NNc2nc(Nc3ccc([N+](=O)[O-])cc3)nc(OC(C(F)(F)F)C(F)(F)F)n2)c(OC)c1. The zero-order valence-corrected chi connectivity index (χ0v) is 19.7. The third-order valence-corrected chi connectivity index (χ3v) is 4.58. The Bertz CT molecular complexity index is 1320. The van der Waals surface area contributed by atoms with Crippen LogP contribution in [0.2, 0.25) is 0 Å². The molecule has 2 aromatic carbocycles. The van der Waals surface area contributed by atoms with Crippen molar-refractivity contribution in [3.63, 3.8) is 0 Å². The van der Waals surface area contributed by atoms with E-state index in [0.717, 1.165) is 12.1 Å². The number of nitro groups is 1. The van der Waals surface area contributed by atoms with Gasteiger partial charge in [0.05, 0.1) is 25.4 Å². The fourth-order valence-electron chi connectivity index (χ4n) is 2.82. The lowest BCUT2D eigenvalue weighted by Gasteiger charge is -2.22. The van der Waals surface area contributed by atoms with Crippen molar-refractivity contribution in [3.05, 3.63) is 58.1 Å². The van der Waals surface area contributed by atoms with Crippen molar-refractivity contribution in [1.29, 1.82) is 0 Å². The van der Waals surface area contributed by atoms with Gasteiger partial charge >= 0.3 is 18.4 Å². The Labute approximate surface area is 214 Å². The highest BCUT2D eigenvalue weighted by atomic mass is 19.4. The molecule has 0 saturated carbocycles. The van der Waals surface area contributed by atoms with Gasteiger partial charge in [-0.15, -0.1) is 0 Å². The molecule has 18 heteroatoms. The van der Waals surface area contributed by atoms with Crippen LogP contribution in [0.4, 0.5) is 49.6 Å². The van der Waals surface area contributed by atoms with Crippen LogP contribution in [-0.4, -0.2) is 58.8 Å². The number of anilines is 3. The van der Waals surface area contributed by atoms with Crippen LogP contribution in [-0.2, 0) is 0 Å². The molecular formula is C21H17F6N7O5. The Balaban J connectivity index is 1.93. The number of hydrogen-bond donors (Lipinski definition) is 2. The molecule has 0 aliphatic heterocycles. The number of hydrazone groups is 1. The first-order valence-electron chi connectivity index (χ1n) is 10.4. The summed E-state index contributed by atoms with van der Waals surface area (Å²) >= 11 is 0. The first-order valence-corrected chi connectivity index (χ1v) is 10.4. The number of halogens is 6. The average molecular weight is 561 g/mol. The highest BCUT2D eigenvalue weighted by Gasteiger charge is 2.59. The van der Waals surface area contributed by atoms with Gasteiger partial charge in [-0.05, 0) is 24.3 Å². The molecule has 0 saturated heterocycles. The lowest BCUT2D eigenvalue weighted by atomic mass is 10.2. The van der Waals surface area contributed by atoms with E-state index in [-0.39, 0.29) is 11.4 Å². The second-order valence-electron chi connectivity index (χ2n) is 7.25. The summed E-state index contributed by atoms with van der Waals surface area (Å²) < 4.78 is 92.5. The van der Waals surface area contributed by atoms with Crippen molar-refractivity contribution in [1.82, 2.24) is 15.0 Å². The second-order valence-corrected chi connectivity index (χ2v) is 7.25.